The molecular weight excluding hydrogens is 260 g/mol. The third kappa shape index (κ3) is 3.67. The van der Waals surface area contributed by atoms with Gasteiger partial charge in [-0.2, -0.15) is 0 Å². The lowest BCUT2D eigenvalue weighted by molar-refractivity contribution is 0.598. The monoisotopic (exact) mass is 278 g/mol. The highest BCUT2D eigenvalue weighted by atomic mass is 32.2. The first-order valence-electron chi connectivity index (χ1n) is 6.16. The van der Waals surface area contributed by atoms with Gasteiger partial charge in [0.1, 0.15) is 15.7 Å². The van der Waals surface area contributed by atoms with Crippen LogP contribution in [0.3, 0.4) is 0 Å². The second-order valence-electron chi connectivity index (χ2n) is 4.98. The van der Waals surface area contributed by atoms with Crippen LogP contribution in [-0.2, 0) is 9.84 Å². The van der Waals surface area contributed by atoms with Crippen LogP contribution in [0.5, 0.6) is 0 Å². The van der Waals surface area contributed by atoms with Crippen LogP contribution in [0, 0.1) is 6.92 Å². The summed E-state index contributed by atoms with van der Waals surface area (Å²) in [5.74, 6) is 0.843. The molecule has 0 bridgehead atoms. The van der Waals surface area contributed by atoms with Gasteiger partial charge in [-0.1, -0.05) is 18.2 Å². The van der Waals surface area contributed by atoms with Crippen molar-refractivity contribution >= 4 is 26.6 Å². The molecular formula is C14H18N2O2S. The summed E-state index contributed by atoms with van der Waals surface area (Å²) in [5.41, 5.74) is 1.92. The lowest BCUT2D eigenvalue weighted by atomic mass is 10.1. The number of aryl methyl sites for hydroxylation is 1. The zero-order chi connectivity index (χ0) is 14.0. The summed E-state index contributed by atoms with van der Waals surface area (Å²) in [4.78, 5) is 4.54. The number of benzene rings is 1. The number of pyridine rings is 1. The zero-order valence-electron chi connectivity index (χ0n) is 11.3. The summed E-state index contributed by atoms with van der Waals surface area (Å²) in [5, 5.41) is 4.25. The molecule has 0 aliphatic rings. The molecule has 1 aromatic heterocycles. The quantitative estimate of drug-likeness (QED) is 0.933. The average molecular weight is 278 g/mol. The predicted molar refractivity (Wildman–Crippen MR) is 79.3 cm³/mol. The van der Waals surface area contributed by atoms with E-state index >= 15 is 0 Å². The van der Waals surface area contributed by atoms with E-state index in [-0.39, 0.29) is 11.8 Å². The third-order valence-electron chi connectivity index (χ3n) is 2.85. The van der Waals surface area contributed by atoms with Crippen molar-refractivity contribution < 1.29 is 8.42 Å². The maximum absolute atomic E-state index is 11.3. The third-order valence-corrected chi connectivity index (χ3v) is 3.96. The molecule has 19 heavy (non-hydrogen) atoms. The first-order valence-corrected chi connectivity index (χ1v) is 8.22. The van der Waals surface area contributed by atoms with Gasteiger partial charge >= 0.3 is 0 Å². The van der Waals surface area contributed by atoms with E-state index in [0.29, 0.717) is 0 Å². The second-order valence-corrected chi connectivity index (χ2v) is 7.17. The fraction of sp³-hybridized carbons (Fsp3) is 0.357. The number of rotatable bonds is 4. The molecule has 1 aromatic carbocycles. The van der Waals surface area contributed by atoms with Crippen molar-refractivity contribution in [1.29, 1.82) is 0 Å². The van der Waals surface area contributed by atoms with Crippen molar-refractivity contribution in [2.45, 2.75) is 19.9 Å². The van der Waals surface area contributed by atoms with Crippen LogP contribution < -0.4 is 5.32 Å². The first kappa shape index (κ1) is 13.8. The Morgan fingerprint density at radius 1 is 1.32 bits per heavy atom. The number of para-hydroxylation sites is 1. The average Bonchev–Trinajstić information content (AvgIpc) is 2.27. The Morgan fingerprint density at radius 2 is 2.00 bits per heavy atom. The molecule has 2 rings (SSSR count). The van der Waals surface area contributed by atoms with Gasteiger partial charge < -0.3 is 5.32 Å². The van der Waals surface area contributed by atoms with Gasteiger partial charge in [0.25, 0.3) is 0 Å². The van der Waals surface area contributed by atoms with Gasteiger partial charge in [-0.25, -0.2) is 13.4 Å². The molecule has 0 saturated heterocycles. The molecule has 0 aliphatic carbocycles. The molecule has 4 nitrogen and oxygen atoms in total. The van der Waals surface area contributed by atoms with E-state index in [4.69, 9.17) is 0 Å². The number of nitrogens with one attached hydrogen (secondary N) is 1. The van der Waals surface area contributed by atoms with E-state index in [1.807, 2.05) is 38.1 Å². The van der Waals surface area contributed by atoms with Gasteiger partial charge in [0.15, 0.2) is 0 Å². The molecule has 5 heteroatoms. The molecule has 1 unspecified atom stereocenters. The fourth-order valence-corrected chi connectivity index (χ4v) is 3.09. The normalized spacial score (nSPS) is 13.4. The Bertz CT molecular complexity index is 696. The van der Waals surface area contributed by atoms with Gasteiger partial charge in [-0.05, 0) is 31.5 Å². The lowest BCUT2D eigenvalue weighted by Gasteiger charge is -2.15. The van der Waals surface area contributed by atoms with Gasteiger partial charge in [0, 0.05) is 17.7 Å². The van der Waals surface area contributed by atoms with E-state index < -0.39 is 9.84 Å². The van der Waals surface area contributed by atoms with Crippen molar-refractivity contribution in [3.8, 4) is 0 Å². The number of anilines is 1. The van der Waals surface area contributed by atoms with Crippen molar-refractivity contribution in [3.63, 3.8) is 0 Å². The van der Waals surface area contributed by atoms with Gasteiger partial charge in [-0.3, -0.25) is 0 Å². The van der Waals surface area contributed by atoms with Crippen LogP contribution in [0.4, 0.5) is 5.82 Å². The van der Waals surface area contributed by atoms with E-state index in [9.17, 15) is 8.42 Å². The van der Waals surface area contributed by atoms with E-state index in [1.165, 1.54) is 6.26 Å². The zero-order valence-corrected chi connectivity index (χ0v) is 12.2. The van der Waals surface area contributed by atoms with Crippen LogP contribution >= 0.6 is 0 Å². The highest BCUT2D eigenvalue weighted by Crippen LogP contribution is 2.20. The minimum Gasteiger partial charge on any atom is -0.366 e. The number of nitrogens with zero attached hydrogens (tertiary/aromatic N) is 1. The highest BCUT2D eigenvalue weighted by molar-refractivity contribution is 7.90. The lowest BCUT2D eigenvalue weighted by Crippen LogP contribution is -2.25. The van der Waals surface area contributed by atoms with Crippen LogP contribution in [0.1, 0.15) is 12.5 Å². The topological polar surface area (TPSA) is 59.1 Å². The standard InChI is InChI=1S/C14H18N2O2S/c1-10-8-12-6-4-5-7-13(12)16-14(10)15-11(2)9-19(3,17)18/h4-8,11H,9H2,1-3H3,(H,15,16). The molecule has 0 saturated carbocycles. The highest BCUT2D eigenvalue weighted by Gasteiger charge is 2.12. The second kappa shape index (κ2) is 5.17. The van der Waals surface area contributed by atoms with Crippen LogP contribution in [-0.4, -0.2) is 31.5 Å². The van der Waals surface area contributed by atoms with Crippen LogP contribution in [0.15, 0.2) is 30.3 Å². The van der Waals surface area contributed by atoms with Crippen molar-refractivity contribution in [2.24, 2.45) is 0 Å². The predicted octanol–water partition coefficient (Wildman–Crippen LogP) is 2.39. The first-order chi connectivity index (χ1) is 8.85. The molecule has 102 valence electrons. The summed E-state index contributed by atoms with van der Waals surface area (Å²) in [6, 6.07) is 9.76. The number of fused-ring (bicyclic) bond motifs is 1. The van der Waals surface area contributed by atoms with Gasteiger partial charge in [-0.15, -0.1) is 0 Å². The molecule has 0 amide bonds. The molecule has 1 N–H and O–H groups in total. The summed E-state index contributed by atoms with van der Waals surface area (Å²) >= 11 is 0. The summed E-state index contributed by atoms with van der Waals surface area (Å²) < 4.78 is 22.5. The molecule has 1 atom stereocenters. The van der Waals surface area contributed by atoms with Crippen molar-refractivity contribution in [3.05, 3.63) is 35.9 Å². The Labute approximate surface area is 113 Å². The smallest absolute Gasteiger partial charge is 0.149 e. The molecule has 0 radical (unpaired) electrons. The minimum atomic E-state index is -2.99. The maximum atomic E-state index is 11.3. The summed E-state index contributed by atoms with van der Waals surface area (Å²) in [6.45, 7) is 3.81. The summed E-state index contributed by atoms with van der Waals surface area (Å²) in [6.07, 6.45) is 1.24. The Morgan fingerprint density at radius 3 is 2.68 bits per heavy atom. The molecule has 1 heterocycles. The Balaban J connectivity index is 2.27. The number of hydrogen-bond donors (Lipinski definition) is 1. The van der Waals surface area contributed by atoms with Crippen LogP contribution in [0.25, 0.3) is 10.9 Å². The minimum absolute atomic E-state index is 0.0982. The summed E-state index contributed by atoms with van der Waals surface area (Å²) in [7, 11) is -2.99. The number of aromatic nitrogens is 1. The van der Waals surface area contributed by atoms with E-state index in [0.717, 1.165) is 22.3 Å². The van der Waals surface area contributed by atoms with Gasteiger partial charge in [0.05, 0.1) is 11.3 Å². The molecule has 2 aromatic rings. The molecule has 0 aliphatic heterocycles. The Hall–Kier alpha value is -1.62. The van der Waals surface area contributed by atoms with Crippen molar-refractivity contribution in [1.82, 2.24) is 4.98 Å². The van der Waals surface area contributed by atoms with Gasteiger partial charge in [0.2, 0.25) is 0 Å². The Kier molecular flexibility index (Phi) is 3.75. The number of sulfone groups is 1. The number of hydrogen-bond acceptors (Lipinski definition) is 4. The largest absolute Gasteiger partial charge is 0.366 e. The maximum Gasteiger partial charge on any atom is 0.149 e. The van der Waals surface area contributed by atoms with Crippen molar-refractivity contribution in [2.75, 3.05) is 17.3 Å². The van der Waals surface area contributed by atoms with E-state index in [2.05, 4.69) is 16.4 Å². The van der Waals surface area contributed by atoms with Crippen LogP contribution in [0.2, 0.25) is 0 Å². The fourth-order valence-electron chi connectivity index (χ4n) is 2.10. The molecule has 0 spiro atoms. The van der Waals surface area contributed by atoms with E-state index in [1.54, 1.807) is 0 Å². The molecule has 0 fully saturated rings. The SMILES string of the molecule is Cc1cc2ccccc2nc1NC(C)CS(C)(=O)=O.